The molecule has 1 aromatic carbocycles. The zero-order chi connectivity index (χ0) is 21.9. The smallest absolute Gasteiger partial charge is 0.297 e. The summed E-state index contributed by atoms with van der Waals surface area (Å²) in [5.41, 5.74) is 1.73. The van der Waals surface area contributed by atoms with E-state index in [1.165, 1.54) is 12.8 Å². The van der Waals surface area contributed by atoms with Crippen molar-refractivity contribution in [3.63, 3.8) is 0 Å². The molecule has 0 bridgehead atoms. The number of pyridine rings is 1. The van der Waals surface area contributed by atoms with Gasteiger partial charge in [0, 0.05) is 18.5 Å². The van der Waals surface area contributed by atoms with Gasteiger partial charge in [-0.3, -0.25) is 4.79 Å². The lowest BCUT2D eigenvalue weighted by Gasteiger charge is -2.17. The highest BCUT2D eigenvalue weighted by Gasteiger charge is 2.19. The van der Waals surface area contributed by atoms with E-state index in [0.29, 0.717) is 25.6 Å². The molecule has 0 saturated heterocycles. The van der Waals surface area contributed by atoms with Crippen LogP contribution in [0.5, 0.6) is 17.2 Å². The number of rotatable bonds is 13. The van der Waals surface area contributed by atoms with E-state index in [9.17, 15) is 4.79 Å². The lowest BCUT2D eigenvalue weighted by Crippen LogP contribution is -2.21. The molecule has 1 heterocycles. The van der Waals surface area contributed by atoms with Crippen molar-refractivity contribution in [2.24, 2.45) is 7.05 Å². The van der Waals surface area contributed by atoms with Crippen molar-refractivity contribution < 1.29 is 14.2 Å². The highest BCUT2D eigenvalue weighted by atomic mass is 16.5. The Bertz CT molecular complexity index is 894. The van der Waals surface area contributed by atoms with Gasteiger partial charge in [-0.15, -0.1) is 0 Å². The number of hydrogen-bond acceptors (Lipinski definition) is 4. The Morgan fingerprint density at radius 2 is 1.67 bits per heavy atom. The molecular formula is C25H37NO4. The minimum absolute atomic E-state index is 0.195. The molecular weight excluding hydrogens is 378 g/mol. The summed E-state index contributed by atoms with van der Waals surface area (Å²) < 4.78 is 19.5. The summed E-state index contributed by atoms with van der Waals surface area (Å²) in [6.45, 7) is 9.91. The van der Waals surface area contributed by atoms with E-state index in [1.54, 1.807) is 11.6 Å². The number of benzene rings is 1. The topological polar surface area (TPSA) is 49.7 Å². The molecule has 30 heavy (non-hydrogen) atoms. The zero-order valence-electron chi connectivity index (χ0n) is 19.3. The quantitative estimate of drug-likeness (QED) is 0.296. The molecule has 0 unspecified atom stereocenters. The summed E-state index contributed by atoms with van der Waals surface area (Å²) in [7, 11) is 1.76. The SMILES string of the molecule is CCCCCCOc1c(OCC=C(C)C)c(=O)n(C)c2cc(OCCCC)ccc12. The van der Waals surface area contributed by atoms with Crippen LogP contribution in [0.1, 0.15) is 66.2 Å². The van der Waals surface area contributed by atoms with Crippen LogP contribution >= 0.6 is 0 Å². The molecule has 0 saturated carbocycles. The monoisotopic (exact) mass is 415 g/mol. The number of nitrogens with zero attached hydrogens (tertiary/aromatic N) is 1. The number of hydrogen-bond donors (Lipinski definition) is 0. The molecule has 0 N–H and O–H groups in total. The zero-order valence-corrected chi connectivity index (χ0v) is 19.3. The lowest BCUT2D eigenvalue weighted by atomic mass is 10.1. The molecule has 0 aliphatic carbocycles. The number of aryl methyl sites for hydroxylation is 1. The van der Waals surface area contributed by atoms with Crippen LogP contribution in [0.4, 0.5) is 0 Å². The molecule has 2 aromatic rings. The first-order valence-electron chi connectivity index (χ1n) is 11.2. The first-order valence-corrected chi connectivity index (χ1v) is 11.2. The van der Waals surface area contributed by atoms with E-state index in [2.05, 4.69) is 13.8 Å². The fourth-order valence-corrected chi connectivity index (χ4v) is 3.15. The van der Waals surface area contributed by atoms with Crippen LogP contribution in [-0.2, 0) is 7.05 Å². The van der Waals surface area contributed by atoms with E-state index in [1.807, 2.05) is 38.1 Å². The summed E-state index contributed by atoms with van der Waals surface area (Å²) >= 11 is 0. The third-order valence-corrected chi connectivity index (χ3v) is 5.01. The molecule has 5 heteroatoms. The van der Waals surface area contributed by atoms with Crippen molar-refractivity contribution >= 4 is 10.9 Å². The van der Waals surface area contributed by atoms with E-state index in [0.717, 1.165) is 47.9 Å². The van der Waals surface area contributed by atoms with Crippen LogP contribution in [0.2, 0.25) is 0 Å². The molecule has 0 spiro atoms. The van der Waals surface area contributed by atoms with Gasteiger partial charge in [-0.05, 0) is 44.9 Å². The molecule has 166 valence electrons. The van der Waals surface area contributed by atoms with E-state index in [-0.39, 0.29) is 11.3 Å². The predicted molar refractivity (Wildman–Crippen MR) is 124 cm³/mol. The Hall–Kier alpha value is -2.43. The van der Waals surface area contributed by atoms with Gasteiger partial charge in [-0.1, -0.05) is 45.1 Å². The maximum atomic E-state index is 13.1. The molecule has 1 aromatic heterocycles. The van der Waals surface area contributed by atoms with Gasteiger partial charge >= 0.3 is 0 Å². The molecule has 5 nitrogen and oxygen atoms in total. The van der Waals surface area contributed by atoms with Crippen LogP contribution in [0.15, 0.2) is 34.6 Å². The van der Waals surface area contributed by atoms with E-state index in [4.69, 9.17) is 14.2 Å². The van der Waals surface area contributed by atoms with Crippen LogP contribution in [0, 0.1) is 0 Å². The first kappa shape index (κ1) is 23.8. The summed E-state index contributed by atoms with van der Waals surface area (Å²) in [5, 5.41) is 0.864. The van der Waals surface area contributed by atoms with Gasteiger partial charge in [0.25, 0.3) is 5.56 Å². The second-order valence-electron chi connectivity index (χ2n) is 7.90. The molecule has 0 aliphatic rings. The highest BCUT2D eigenvalue weighted by molar-refractivity contribution is 5.89. The van der Waals surface area contributed by atoms with E-state index < -0.39 is 0 Å². The highest BCUT2D eigenvalue weighted by Crippen LogP contribution is 2.34. The standard InChI is InChI=1S/C25H37NO4/c1-6-8-10-11-16-29-23-21-13-12-20(28-15-9-7-2)18-22(21)26(5)25(27)24(23)30-17-14-19(3)4/h12-14,18H,6-11,15-17H2,1-5H3. The van der Waals surface area contributed by atoms with Gasteiger partial charge < -0.3 is 18.8 Å². The van der Waals surface area contributed by atoms with E-state index >= 15 is 0 Å². The van der Waals surface area contributed by atoms with Crippen molar-refractivity contribution in [1.29, 1.82) is 0 Å². The van der Waals surface area contributed by atoms with Gasteiger partial charge in [-0.2, -0.15) is 0 Å². The third kappa shape index (κ3) is 6.54. The number of unbranched alkanes of at least 4 members (excludes halogenated alkanes) is 4. The second kappa shape index (κ2) is 12.3. The van der Waals surface area contributed by atoms with Crippen LogP contribution < -0.4 is 19.8 Å². The van der Waals surface area contributed by atoms with Crippen LogP contribution in [0.25, 0.3) is 10.9 Å². The maximum Gasteiger partial charge on any atom is 0.297 e. The average molecular weight is 416 g/mol. The largest absolute Gasteiger partial charge is 0.494 e. The number of allylic oxidation sites excluding steroid dienone is 1. The molecule has 0 atom stereocenters. The Labute approximate surface area is 180 Å². The molecule has 0 fully saturated rings. The number of fused-ring (bicyclic) bond motifs is 1. The predicted octanol–water partition coefficient (Wildman–Crippen LogP) is 6.02. The Morgan fingerprint density at radius 3 is 2.37 bits per heavy atom. The van der Waals surface area contributed by atoms with Crippen molar-refractivity contribution in [1.82, 2.24) is 4.57 Å². The molecule has 0 radical (unpaired) electrons. The van der Waals surface area contributed by atoms with Crippen molar-refractivity contribution in [3.8, 4) is 17.2 Å². The van der Waals surface area contributed by atoms with Crippen LogP contribution in [0.3, 0.4) is 0 Å². The normalized spacial score (nSPS) is 10.8. The summed E-state index contributed by atoms with van der Waals surface area (Å²) in [6, 6.07) is 5.81. The first-order chi connectivity index (χ1) is 14.5. The van der Waals surface area contributed by atoms with Crippen LogP contribution in [-0.4, -0.2) is 24.4 Å². The summed E-state index contributed by atoms with van der Waals surface area (Å²) in [5.74, 6) is 1.57. The van der Waals surface area contributed by atoms with Crippen molar-refractivity contribution in [2.45, 2.75) is 66.2 Å². The maximum absolute atomic E-state index is 13.1. The van der Waals surface area contributed by atoms with Crippen molar-refractivity contribution in [3.05, 3.63) is 40.2 Å². The second-order valence-corrected chi connectivity index (χ2v) is 7.90. The van der Waals surface area contributed by atoms with Gasteiger partial charge in [0.1, 0.15) is 12.4 Å². The fourth-order valence-electron chi connectivity index (χ4n) is 3.15. The third-order valence-electron chi connectivity index (χ3n) is 5.01. The number of ether oxygens (including phenoxy) is 3. The summed E-state index contributed by atoms with van der Waals surface area (Å²) in [4.78, 5) is 13.1. The minimum atomic E-state index is -0.195. The number of aromatic nitrogens is 1. The summed E-state index contributed by atoms with van der Waals surface area (Å²) in [6.07, 6.45) is 8.46. The lowest BCUT2D eigenvalue weighted by molar-refractivity contribution is 0.276. The van der Waals surface area contributed by atoms with Gasteiger partial charge in [0.15, 0.2) is 5.75 Å². The molecule has 0 amide bonds. The van der Waals surface area contributed by atoms with Gasteiger partial charge in [-0.25, -0.2) is 0 Å². The molecule has 2 rings (SSSR count). The fraction of sp³-hybridized carbons (Fsp3) is 0.560. The minimum Gasteiger partial charge on any atom is -0.494 e. The van der Waals surface area contributed by atoms with Gasteiger partial charge in [0.05, 0.1) is 18.7 Å². The Kier molecular flexibility index (Phi) is 9.78. The Morgan fingerprint density at radius 1 is 0.933 bits per heavy atom. The molecule has 0 aliphatic heterocycles. The Balaban J connectivity index is 2.41. The average Bonchev–Trinajstić information content (AvgIpc) is 2.73. The van der Waals surface area contributed by atoms with Crippen molar-refractivity contribution in [2.75, 3.05) is 19.8 Å². The van der Waals surface area contributed by atoms with Gasteiger partial charge in [0.2, 0.25) is 5.75 Å².